The van der Waals surface area contributed by atoms with Crippen LogP contribution in [0.25, 0.3) is 0 Å². The third-order valence-electron chi connectivity index (χ3n) is 3.62. The van der Waals surface area contributed by atoms with Gasteiger partial charge in [-0.15, -0.1) is 0 Å². The van der Waals surface area contributed by atoms with Crippen LogP contribution < -0.4 is 0 Å². The summed E-state index contributed by atoms with van der Waals surface area (Å²) in [6, 6.07) is 1.59. The van der Waals surface area contributed by atoms with Gasteiger partial charge in [0.25, 0.3) is 0 Å². The molecule has 2 fully saturated rings. The van der Waals surface area contributed by atoms with E-state index in [4.69, 9.17) is 10.4 Å². The molecule has 0 bridgehead atoms. The molecule has 0 aromatic rings. The number of rotatable bonds is 4. The Morgan fingerprint density at radius 1 is 1.56 bits per heavy atom. The Labute approximate surface area is 94.3 Å². The Morgan fingerprint density at radius 3 is 2.75 bits per heavy atom. The lowest BCUT2D eigenvalue weighted by Crippen LogP contribution is -2.39. The number of carboxylic acid groups (broad SMARTS) is 1. The molecule has 0 spiro atoms. The molecule has 0 amide bonds. The molecule has 1 aliphatic carbocycles. The monoisotopic (exact) mass is 224 g/mol. The lowest BCUT2D eigenvalue weighted by Gasteiger charge is -2.25. The van der Waals surface area contributed by atoms with Crippen LogP contribution in [-0.4, -0.2) is 46.3 Å². The van der Waals surface area contributed by atoms with Crippen LogP contribution in [0, 0.1) is 16.7 Å². The van der Waals surface area contributed by atoms with E-state index in [-0.39, 0.29) is 5.41 Å². The number of aliphatic hydroxyl groups excluding tert-OH is 1. The van der Waals surface area contributed by atoms with E-state index in [1.165, 1.54) is 0 Å². The molecule has 5 nitrogen and oxygen atoms in total. The largest absolute Gasteiger partial charge is 0.480 e. The zero-order valence-corrected chi connectivity index (χ0v) is 9.09. The van der Waals surface area contributed by atoms with Crippen molar-refractivity contribution in [1.82, 2.24) is 4.90 Å². The second kappa shape index (κ2) is 4.04. The van der Waals surface area contributed by atoms with E-state index in [1.54, 1.807) is 0 Å². The average molecular weight is 224 g/mol. The Bertz CT molecular complexity index is 333. The number of β-amino-alcohol motifs (C(OH)–C–C–N with tert-alkyl or cyclic N) is 1. The minimum Gasteiger partial charge on any atom is -0.480 e. The normalized spacial score (nSPS) is 32.2. The highest BCUT2D eigenvalue weighted by molar-refractivity contribution is 5.74. The third-order valence-corrected chi connectivity index (χ3v) is 3.62. The van der Waals surface area contributed by atoms with Crippen LogP contribution in [0.15, 0.2) is 0 Å². The summed E-state index contributed by atoms with van der Waals surface area (Å²) >= 11 is 0. The van der Waals surface area contributed by atoms with E-state index >= 15 is 0 Å². The maximum absolute atomic E-state index is 11.0. The number of nitriles is 1. The van der Waals surface area contributed by atoms with Crippen LogP contribution in [-0.2, 0) is 4.79 Å². The van der Waals surface area contributed by atoms with Crippen molar-refractivity contribution in [3.8, 4) is 6.07 Å². The number of carboxylic acids is 1. The number of likely N-dealkylation sites (tertiary alicyclic amines) is 1. The van der Waals surface area contributed by atoms with E-state index in [0.29, 0.717) is 25.9 Å². The standard InChI is InChI=1S/C11H16N2O3/c12-4-3-11(1-2-11)7-13-6-8(14)5-9(13)10(15)16/h8-9,14H,1-3,5-7H2,(H,15,16). The Morgan fingerprint density at radius 2 is 2.25 bits per heavy atom. The molecule has 16 heavy (non-hydrogen) atoms. The summed E-state index contributed by atoms with van der Waals surface area (Å²) in [7, 11) is 0. The van der Waals surface area contributed by atoms with Gasteiger partial charge in [-0.2, -0.15) is 5.26 Å². The summed E-state index contributed by atoms with van der Waals surface area (Å²) in [5, 5.41) is 27.2. The molecule has 1 saturated heterocycles. The van der Waals surface area contributed by atoms with E-state index in [9.17, 15) is 9.90 Å². The molecule has 2 N–H and O–H groups in total. The zero-order valence-electron chi connectivity index (χ0n) is 9.09. The maximum Gasteiger partial charge on any atom is 0.321 e. The number of aliphatic carboxylic acids is 1. The molecule has 1 heterocycles. The smallest absolute Gasteiger partial charge is 0.321 e. The van der Waals surface area contributed by atoms with Crippen molar-refractivity contribution in [1.29, 1.82) is 5.26 Å². The van der Waals surface area contributed by atoms with Gasteiger partial charge in [-0.05, 0) is 18.3 Å². The van der Waals surface area contributed by atoms with Gasteiger partial charge in [-0.25, -0.2) is 0 Å². The fraction of sp³-hybridized carbons (Fsp3) is 0.818. The van der Waals surface area contributed by atoms with Crippen molar-refractivity contribution in [2.45, 2.75) is 37.8 Å². The molecular weight excluding hydrogens is 208 g/mol. The Kier molecular flexibility index (Phi) is 2.87. The predicted molar refractivity (Wildman–Crippen MR) is 55.5 cm³/mol. The minimum atomic E-state index is -0.871. The van der Waals surface area contributed by atoms with Gasteiger partial charge in [0.05, 0.1) is 12.2 Å². The van der Waals surface area contributed by atoms with Crippen molar-refractivity contribution in [2.24, 2.45) is 5.41 Å². The van der Waals surface area contributed by atoms with E-state index in [1.807, 2.05) is 4.90 Å². The molecule has 0 aromatic heterocycles. The molecule has 2 aliphatic rings. The molecule has 5 heteroatoms. The maximum atomic E-state index is 11.0. The van der Waals surface area contributed by atoms with Gasteiger partial charge in [0.2, 0.25) is 0 Å². The van der Waals surface area contributed by atoms with E-state index in [2.05, 4.69) is 6.07 Å². The van der Waals surface area contributed by atoms with Crippen LogP contribution in [0.5, 0.6) is 0 Å². The quantitative estimate of drug-likeness (QED) is 0.712. The summed E-state index contributed by atoms with van der Waals surface area (Å²) in [5.74, 6) is -0.871. The zero-order chi connectivity index (χ0) is 11.8. The first-order valence-electron chi connectivity index (χ1n) is 5.58. The summed E-state index contributed by atoms with van der Waals surface area (Å²) in [6.45, 7) is 1.05. The predicted octanol–water partition coefficient (Wildman–Crippen LogP) is 0.200. The molecular formula is C11H16N2O3. The van der Waals surface area contributed by atoms with Crippen molar-refractivity contribution in [2.75, 3.05) is 13.1 Å². The van der Waals surface area contributed by atoms with Gasteiger partial charge in [0.15, 0.2) is 0 Å². The summed E-state index contributed by atoms with van der Waals surface area (Å²) < 4.78 is 0. The topological polar surface area (TPSA) is 84.6 Å². The number of aliphatic hydroxyl groups is 1. The molecule has 2 unspecified atom stereocenters. The number of hydrogen-bond donors (Lipinski definition) is 2. The fourth-order valence-corrected chi connectivity index (χ4v) is 2.48. The minimum absolute atomic E-state index is 0.00646. The number of nitrogens with zero attached hydrogens (tertiary/aromatic N) is 2. The molecule has 1 saturated carbocycles. The SMILES string of the molecule is N#CCC1(CN2CC(O)CC2C(=O)O)CC1. The van der Waals surface area contributed by atoms with Crippen molar-refractivity contribution in [3.05, 3.63) is 0 Å². The fourth-order valence-electron chi connectivity index (χ4n) is 2.48. The highest BCUT2D eigenvalue weighted by Gasteiger charge is 2.47. The van der Waals surface area contributed by atoms with Gasteiger partial charge in [0, 0.05) is 25.9 Å². The van der Waals surface area contributed by atoms with Crippen molar-refractivity contribution < 1.29 is 15.0 Å². The molecule has 1 aliphatic heterocycles. The molecule has 0 radical (unpaired) electrons. The van der Waals surface area contributed by atoms with E-state index in [0.717, 1.165) is 12.8 Å². The van der Waals surface area contributed by atoms with Crippen molar-refractivity contribution >= 4 is 5.97 Å². The first kappa shape index (κ1) is 11.4. The Balaban J connectivity index is 1.98. The molecule has 2 rings (SSSR count). The molecule has 88 valence electrons. The summed E-state index contributed by atoms with van der Waals surface area (Å²) in [4.78, 5) is 12.8. The van der Waals surface area contributed by atoms with Gasteiger partial charge < -0.3 is 10.2 Å². The lowest BCUT2D eigenvalue weighted by molar-refractivity contribution is -0.142. The molecule has 0 aromatic carbocycles. The van der Waals surface area contributed by atoms with Crippen LogP contribution in [0.4, 0.5) is 0 Å². The first-order valence-corrected chi connectivity index (χ1v) is 5.58. The Hall–Kier alpha value is -1.12. The second-order valence-corrected chi connectivity index (χ2v) is 5.01. The van der Waals surface area contributed by atoms with Gasteiger partial charge >= 0.3 is 5.97 Å². The van der Waals surface area contributed by atoms with Gasteiger partial charge in [-0.3, -0.25) is 9.69 Å². The van der Waals surface area contributed by atoms with Crippen molar-refractivity contribution in [3.63, 3.8) is 0 Å². The highest BCUT2D eigenvalue weighted by atomic mass is 16.4. The average Bonchev–Trinajstić information content (AvgIpc) is 2.83. The van der Waals surface area contributed by atoms with Gasteiger partial charge in [0.1, 0.15) is 6.04 Å². The summed E-state index contributed by atoms with van der Waals surface area (Å²) in [5.41, 5.74) is 0.00646. The number of hydrogen-bond acceptors (Lipinski definition) is 4. The van der Waals surface area contributed by atoms with Crippen LogP contribution in [0.1, 0.15) is 25.7 Å². The third kappa shape index (κ3) is 2.18. The molecule has 2 atom stereocenters. The second-order valence-electron chi connectivity index (χ2n) is 5.01. The first-order chi connectivity index (χ1) is 7.56. The van der Waals surface area contributed by atoms with Crippen LogP contribution in [0.2, 0.25) is 0 Å². The highest BCUT2D eigenvalue weighted by Crippen LogP contribution is 2.49. The number of carbonyl (C=O) groups is 1. The van der Waals surface area contributed by atoms with Crippen LogP contribution in [0.3, 0.4) is 0 Å². The van der Waals surface area contributed by atoms with Crippen LogP contribution >= 0.6 is 0 Å². The van der Waals surface area contributed by atoms with Gasteiger partial charge in [-0.1, -0.05) is 0 Å². The van der Waals surface area contributed by atoms with E-state index < -0.39 is 18.1 Å². The summed E-state index contributed by atoms with van der Waals surface area (Å²) in [6.07, 6.45) is 2.25. The lowest BCUT2D eigenvalue weighted by atomic mass is 10.0.